The normalized spacial score (nSPS) is 26.6. The van der Waals surface area contributed by atoms with E-state index in [4.69, 9.17) is 16.3 Å². The fourth-order valence-corrected chi connectivity index (χ4v) is 6.13. The number of hydrogen-bond donors (Lipinski definition) is 1. The maximum absolute atomic E-state index is 13.1. The van der Waals surface area contributed by atoms with Gasteiger partial charge in [0.05, 0.1) is 18.5 Å². The quantitative estimate of drug-likeness (QED) is 0.808. The van der Waals surface area contributed by atoms with Crippen LogP contribution in [0.5, 0.6) is 0 Å². The van der Waals surface area contributed by atoms with Gasteiger partial charge in [0.25, 0.3) is 0 Å². The zero-order valence-electron chi connectivity index (χ0n) is 15.4. The summed E-state index contributed by atoms with van der Waals surface area (Å²) in [6, 6.07) is 2.85. The van der Waals surface area contributed by atoms with Crippen molar-refractivity contribution < 1.29 is 17.5 Å². The summed E-state index contributed by atoms with van der Waals surface area (Å²) in [4.78, 5) is 11.6. The highest BCUT2D eigenvalue weighted by Gasteiger charge is 2.40. The van der Waals surface area contributed by atoms with Crippen molar-refractivity contribution in [1.29, 1.82) is 0 Å². The fourth-order valence-electron chi connectivity index (χ4n) is 3.97. The molecule has 10 heteroatoms. The van der Waals surface area contributed by atoms with E-state index < -0.39 is 21.1 Å². The molecule has 2 aromatic rings. The first-order chi connectivity index (χ1) is 13.4. The summed E-state index contributed by atoms with van der Waals surface area (Å²) in [5.41, 5.74) is 1.28. The first-order valence-corrected chi connectivity index (χ1v) is 11.2. The molecule has 4 rings (SSSR count). The summed E-state index contributed by atoms with van der Waals surface area (Å²) in [7, 11) is -3.35. The van der Waals surface area contributed by atoms with E-state index in [0.29, 0.717) is 49.2 Å². The van der Waals surface area contributed by atoms with Gasteiger partial charge in [-0.15, -0.1) is 0 Å². The summed E-state index contributed by atoms with van der Waals surface area (Å²) in [5.74, 6) is 0.181. The van der Waals surface area contributed by atoms with Gasteiger partial charge in [0.2, 0.25) is 10.0 Å². The number of piperidine rings is 1. The Hall–Kier alpha value is -1.55. The predicted octanol–water partition coefficient (Wildman–Crippen LogP) is 2.81. The summed E-state index contributed by atoms with van der Waals surface area (Å²) >= 11 is 6.36. The van der Waals surface area contributed by atoms with Gasteiger partial charge >= 0.3 is 0 Å². The molecule has 152 valence electrons. The summed E-state index contributed by atoms with van der Waals surface area (Å²) in [5, 5.41) is -0.0957. The molecule has 2 fully saturated rings. The van der Waals surface area contributed by atoms with Crippen LogP contribution < -0.4 is 0 Å². The van der Waals surface area contributed by atoms with E-state index in [1.165, 1.54) is 12.1 Å². The van der Waals surface area contributed by atoms with Crippen molar-refractivity contribution >= 4 is 21.6 Å². The zero-order chi connectivity index (χ0) is 19.9. The average molecular weight is 429 g/mol. The Morgan fingerprint density at radius 2 is 2.18 bits per heavy atom. The van der Waals surface area contributed by atoms with Gasteiger partial charge in [-0.05, 0) is 30.9 Å². The molecule has 0 saturated carbocycles. The first kappa shape index (κ1) is 19.8. The van der Waals surface area contributed by atoms with Gasteiger partial charge in [-0.1, -0.05) is 18.5 Å². The van der Waals surface area contributed by atoms with Crippen molar-refractivity contribution in [3.8, 4) is 11.5 Å². The molecule has 0 aromatic carbocycles. The molecular weight excluding hydrogens is 407 g/mol. The molecule has 0 radical (unpaired) electrons. The number of halogens is 2. The third-order valence-corrected chi connectivity index (χ3v) is 8.12. The molecule has 7 nitrogen and oxygen atoms in total. The number of aromatic amines is 1. The standard InChI is InChI=1S/C18H22ClFN4O3S/c1-11-9-24(28(25,26)13-5-7-27-10-13)6-4-14(11)16-17(19)23-18(22-16)15-3-2-12(20)8-21-15/h2-3,8,11,13-14H,4-7,9-10H2,1H3,(H,22,23)/t11-,13?,14+/m0/s1. The fraction of sp³-hybridized carbons (Fsp3) is 0.556. The van der Waals surface area contributed by atoms with Crippen LogP contribution in [0.4, 0.5) is 4.39 Å². The number of sulfonamides is 1. The molecule has 3 atom stereocenters. The van der Waals surface area contributed by atoms with E-state index in [0.717, 1.165) is 11.9 Å². The zero-order valence-corrected chi connectivity index (χ0v) is 17.0. The van der Waals surface area contributed by atoms with Crippen LogP contribution in [0.15, 0.2) is 18.3 Å². The summed E-state index contributed by atoms with van der Waals surface area (Å²) < 4.78 is 45.6. The topological polar surface area (TPSA) is 88.2 Å². The molecule has 28 heavy (non-hydrogen) atoms. The van der Waals surface area contributed by atoms with E-state index in [9.17, 15) is 12.8 Å². The average Bonchev–Trinajstić information content (AvgIpc) is 3.33. The minimum atomic E-state index is -3.35. The van der Waals surface area contributed by atoms with E-state index >= 15 is 0 Å². The molecule has 2 aromatic heterocycles. The Balaban J connectivity index is 1.51. The Morgan fingerprint density at radius 1 is 1.36 bits per heavy atom. The predicted molar refractivity (Wildman–Crippen MR) is 103 cm³/mol. The summed E-state index contributed by atoms with van der Waals surface area (Å²) in [6.07, 6.45) is 2.33. The van der Waals surface area contributed by atoms with E-state index in [-0.39, 0.29) is 18.4 Å². The molecule has 0 spiro atoms. The molecule has 2 saturated heterocycles. The second-order valence-electron chi connectivity index (χ2n) is 7.41. The smallest absolute Gasteiger partial charge is 0.219 e. The van der Waals surface area contributed by atoms with Gasteiger partial charge in [-0.3, -0.25) is 0 Å². The second-order valence-corrected chi connectivity index (χ2v) is 9.98. The maximum atomic E-state index is 13.1. The highest BCUT2D eigenvalue weighted by molar-refractivity contribution is 7.89. The Kier molecular flexibility index (Phi) is 5.43. The number of nitrogens with one attached hydrogen (secondary N) is 1. The van der Waals surface area contributed by atoms with Crippen molar-refractivity contribution in [2.75, 3.05) is 26.3 Å². The van der Waals surface area contributed by atoms with Crippen LogP contribution >= 0.6 is 11.6 Å². The molecule has 0 amide bonds. The molecular formula is C18H22ClFN4O3S. The van der Waals surface area contributed by atoms with Gasteiger partial charge in [0, 0.05) is 25.6 Å². The minimum absolute atomic E-state index is 0.0560. The lowest BCUT2D eigenvalue weighted by Crippen LogP contribution is -2.46. The number of ether oxygens (including phenoxy) is 1. The number of nitrogens with zero attached hydrogens (tertiary/aromatic N) is 3. The lowest BCUT2D eigenvalue weighted by Gasteiger charge is -2.36. The number of aromatic nitrogens is 3. The molecule has 1 N–H and O–H groups in total. The van der Waals surface area contributed by atoms with Gasteiger partial charge < -0.3 is 9.72 Å². The largest absolute Gasteiger partial charge is 0.380 e. The molecule has 4 heterocycles. The maximum Gasteiger partial charge on any atom is 0.219 e. The van der Waals surface area contributed by atoms with E-state index in [1.807, 2.05) is 6.92 Å². The van der Waals surface area contributed by atoms with Crippen LogP contribution in [0.3, 0.4) is 0 Å². The van der Waals surface area contributed by atoms with Gasteiger partial charge in [0.15, 0.2) is 11.0 Å². The Morgan fingerprint density at radius 3 is 2.82 bits per heavy atom. The van der Waals surface area contributed by atoms with Crippen LogP contribution in [0, 0.1) is 11.7 Å². The van der Waals surface area contributed by atoms with Gasteiger partial charge in [0.1, 0.15) is 16.8 Å². The number of imidazole rings is 1. The first-order valence-electron chi connectivity index (χ1n) is 9.30. The van der Waals surface area contributed by atoms with Crippen molar-refractivity contribution in [1.82, 2.24) is 19.3 Å². The number of H-pyrrole nitrogens is 1. The van der Waals surface area contributed by atoms with Crippen molar-refractivity contribution in [2.45, 2.75) is 30.9 Å². The molecule has 2 aliphatic rings. The van der Waals surface area contributed by atoms with E-state index in [2.05, 4.69) is 15.0 Å². The lowest BCUT2D eigenvalue weighted by molar-refractivity contribution is 0.196. The van der Waals surface area contributed by atoms with Crippen molar-refractivity contribution in [2.24, 2.45) is 5.92 Å². The Labute approximate surface area is 168 Å². The lowest BCUT2D eigenvalue weighted by atomic mass is 9.86. The van der Waals surface area contributed by atoms with Gasteiger partial charge in [-0.2, -0.15) is 0 Å². The van der Waals surface area contributed by atoms with Crippen LogP contribution in [0.2, 0.25) is 5.15 Å². The highest BCUT2D eigenvalue weighted by atomic mass is 35.5. The van der Waals surface area contributed by atoms with Crippen LogP contribution in [-0.4, -0.2) is 59.2 Å². The molecule has 2 aliphatic heterocycles. The molecule has 0 aliphatic carbocycles. The van der Waals surface area contributed by atoms with Crippen LogP contribution in [-0.2, 0) is 14.8 Å². The van der Waals surface area contributed by atoms with Crippen LogP contribution in [0.1, 0.15) is 31.4 Å². The van der Waals surface area contributed by atoms with Crippen molar-refractivity contribution in [3.05, 3.63) is 35.0 Å². The van der Waals surface area contributed by atoms with Crippen LogP contribution in [0.25, 0.3) is 11.5 Å². The number of hydrogen-bond acceptors (Lipinski definition) is 5. The van der Waals surface area contributed by atoms with Gasteiger partial charge in [-0.25, -0.2) is 27.1 Å². The third kappa shape index (κ3) is 3.68. The number of pyridine rings is 1. The molecule has 0 bridgehead atoms. The third-order valence-electron chi connectivity index (χ3n) is 5.56. The number of rotatable bonds is 4. The SMILES string of the molecule is C[C@H]1CN(S(=O)(=O)C2CCOC2)CC[C@H]1c1[nH]c(-c2ccc(F)cn2)nc1Cl. The van der Waals surface area contributed by atoms with Crippen molar-refractivity contribution in [3.63, 3.8) is 0 Å². The second kappa shape index (κ2) is 7.70. The summed E-state index contributed by atoms with van der Waals surface area (Å²) in [6.45, 7) is 3.66. The molecule has 1 unspecified atom stereocenters. The van der Waals surface area contributed by atoms with E-state index in [1.54, 1.807) is 4.31 Å². The Bertz CT molecular complexity index is 944. The highest BCUT2D eigenvalue weighted by Crippen LogP contribution is 2.38. The minimum Gasteiger partial charge on any atom is -0.380 e. The monoisotopic (exact) mass is 428 g/mol.